The minimum Gasteiger partial charge on any atom is -0.478 e. The van der Waals surface area contributed by atoms with Crippen LogP contribution in [0.25, 0.3) is 0 Å². The normalized spacial score (nSPS) is 9.96. The van der Waals surface area contributed by atoms with E-state index in [-0.39, 0.29) is 33.8 Å². The van der Waals surface area contributed by atoms with Crippen molar-refractivity contribution in [3.63, 3.8) is 0 Å². The number of hydrogen-bond acceptors (Lipinski definition) is 8. The van der Waals surface area contributed by atoms with Crippen molar-refractivity contribution >= 4 is 23.9 Å². The third-order valence-corrected chi connectivity index (χ3v) is 3.66. The molecule has 0 aromatic heterocycles. The molecule has 0 spiro atoms. The molecule has 0 saturated heterocycles. The fourth-order valence-electron chi connectivity index (χ4n) is 2.34. The summed E-state index contributed by atoms with van der Waals surface area (Å²) >= 11 is 0. The van der Waals surface area contributed by atoms with Crippen molar-refractivity contribution in [2.45, 2.75) is 0 Å². The average molecular weight is 388 g/mol. The monoisotopic (exact) mass is 388 g/mol. The van der Waals surface area contributed by atoms with Gasteiger partial charge in [0.25, 0.3) is 0 Å². The summed E-state index contributed by atoms with van der Waals surface area (Å²) in [6.07, 6.45) is 0. The summed E-state index contributed by atoms with van der Waals surface area (Å²) in [5, 5.41) is 9.30. The number of carboxylic acid groups (broad SMARTS) is 1. The lowest BCUT2D eigenvalue weighted by molar-refractivity contribution is 0.0555. The van der Waals surface area contributed by atoms with E-state index in [9.17, 15) is 24.3 Å². The summed E-state index contributed by atoms with van der Waals surface area (Å²) in [5.74, 6) is -3.44. The third-order valence-electron chi connectivity index (χ3n) is 3.66. The van der Waals surface area contributed by atoms with Crippen LogP contribution in [0.4, 0.5) is 0 Å². The highest BCUT2D eigenvalue weighted by Crippen LogP contribution is 2.27. The van der Waals surface area contributed by atoms with Gasteiger partial charge in [-0.15, -0.1) is 0 Å². The van der Waals surface area contributed by atoms with Crippen molar-refractivity contribution in [1.29, 1.82) is 0 Å². The molecule has 146 valence electrons. The van der Waals surface area contributed by atoms with Crippen molar-refractivity contribution in [2.24, 2.45) is 0 Å². The molecule has 0 bridgehead atoms. The van der Waals surface area contributed by atoms with Crippen LogP contribution in [-0.2, 0) is 14.2 Å². The van der Waals surface area contributed by atoms with Crippen LogP contribution < -0.4 is 4.74 Å². The predicted octanol–water partition coefficient (Wildman–Crippen LogP) is 2.54. The van der Waals surface area contributed by atoms with E-state index in [0.29, 0.717) is 0 Å². The molecule has 0 aliphatic heterocycles. The topological polar surface area (TPSA) is 125 Å². The third kappa shape index (κ3) is 4.26. The Morgan fingerprint density at radius 3 is 1.46 bits per heavy atom. The number of ether oxygens (including phenoxy) is 4. The van der Waals surface area contributed by atoms with Crippen LogP contribution >= 0.6 is 0 Å². The van der Waals surface area contributed by atoms with Gasteiger partial charge in [-0.2, -0.15) is 0 Å². The largest absolute Gasteiger partial charge is 0.478 e. The Morgan fingerprint density at radius 1 is 0.643 bits per heavy atom. The van der Waals surface area contributed by atoms with Gasteiger partial charge < -0.3 is 24.1 Å². The first-order valence-electron chi connectivity index (χ1n) is 7.76. The molecule has 0 heterocycles. The molecule has 2 rings (SSSR count). The number of carbonyl (C=O) groups excluding carboxylic acids is 3. The number of esters is 3. The van der Waals surface area contributed by atoms with E-state index in [1.807, 2.05) is 0 Å². The Morgan fingerprint density at radius 2 is 1.04 bits per heavy atom. The first-order chi connectivity index (χ1) is 13.3. The minimum atomic E-state index is -1.35. The number of carbonyl (C=O) groups is 4. The van der Waals surface area contributed by atoms with Gasteiger partial charge in [-0.05, 0) is 36.4 Å². The van der Waals surface area contributed by atoms with E-state index in [4.69, 9.17) is 4.74 Å². The quantitative estimate of drug-likeness (QED) is 0.587. The lowest BCUT2D eigenvalue weighted by Gasteiger charge is -2.11. The van der Waals surface area contributed by atoms with Crippen molar-refractivity contribution in [2.75, 3.05) is 21.3 Å². The molecule has 0 aliphatic rings. The average Bonchev–Trinajstić information content (AvgIpc) is 2.71. The van der Waals surface area contributed by atoms with Gasteiger partial charge in [0.05, 0.1) is 43.6 Å². The van der Waals surface area contributed by atoms with Crippen LogP contribution in [0.15, 0.2) is 36.4 Å². The maximum atomic E-state index is 11.9. The number of methoxy groups -OCH3 is 3. The lowest BCUT2D eigenvalue weighted by Crippen LogP contribution is -2.12. The van der Waals surface area contributed by atoms with Crippen LogP contribution in [0.5, 0.6) is 11.5 Å². The molecule has 2 aromatic carbocycles. The zero-order valence-corrected chi connectivity index (χ0v) is 15.2. The Balaban J connectivity index is 2.44. The van der Waals surface area contributed by atoms with Crippen LogP contribution in [0.3, 0.4) is 0 Å². The zero-order valence-electron chi connectivity index (χ0n) is 15.2. The summed E-state index contributed by atoms with van der Waals surface area (Å²) in [5.41, 5.74) is -0.562. The molecule has 9 heteroatoms. The first-order valence-corrected chi connectivity index (χ1v) is 7.76. The molecular formula is C19H16O9. The fraction of sp³-hybridized carbons (Fsp3) is 0.158. The predicted molar refractivity (Wildman–Crippen MR) is 93.9 cm³/mol. The summed E-state index contributed by atoms with van der Waals surface area (Å²) < 4.78 is 19.4. The molecular weight excluding hydrogens is 372 g/mol. The molecule has 0 amide bonds. The van der Waals surface area contributed by atoms with Crippen LogP contribution in [0.2, 0.25) is 0 Å². The lowest BCUT2D eigenvalue weighted by atomic mass is 10.1. The smallest absolute Gasteiger partial charge is 0.338 e. The number of aromatic carboxylic acids is 1. The van der Waals surface area contributed by atoms with E-state index in [1.165, 1.54) is 37.4 Å². The molecule has 9 nitrogen and oxygen atoms in total. The molecule has 0 atom stereocenters. The Kier molecular flexibility index (Phi) is 6.33. The number of benzene rings is 2. The van der Waals surface area contributed by atoms with Crippen LogP contribution in [0.1, 0.15) is 41.4 Å². The highest BCUT2D eigenvalue weighted by atomic mass is 16.5. The molecule has 0 fully saturated rings. The standard InChI is InChI=1S/C19H16O9/c1-25-17(22)12-6-4-10(8-14(12)16(20)21)28-11-5-7-13(18(23)26-2)15(9-11)19(24)27-3/h4-9H,1-3H3,(H,20,21). The molecule has 1 N–H and O–H groups in total. The summed E-state index contributed by atoms with van der Waals surface area (Å²) in [7, 11) is 3.46. The Labute approximate surface area is 159 Å². The summed E-state index contributed by atoms with van der Waals surface area (Å²) in [6, 6.07) is 7.72. The van der Waals surface area contributed by atoms with Gasteiger partial charge in [0.1, 0.15) is 11.5 Å². The van der Waals surface area contributed by atoms with Crippen LogP contribution in [0, 0.1) is 0 Å². The Hall–Kier alpha value is -3.88. The second-order valence-corrected chi connectivity index (χ2v) is 5.30. The van der Waals surface area contributed by atoms with Gasteiger partial charge in [0, 0.05) is 0 Å². The van der Waals surface area contributed by atoms with Gasteiger partial charge >= 0.3 is 23.9 Å². The van der Waals surface area contributed by atoms with Gasteiger partial charge in [0.15, 0.2) is 0 Å². The van der Waals surface area contributed by atoms with E-state index < -0.39 is 23.9 Å². The molecule has 2 aromatic rings. The van der Waals surface area contributed by atoms with Crippen molar-refractivity contribution in [3.8, 4) is 11.5 Å². The highest BCUT2D eigenvalue weighted by molar-refractivity contribution is 6.04. The van der Waals surface area contributed by atoms with E-state index in [1.54, 1.807) is 0 Å². The van der Waals surface area contributed by atoms with E-state index >= 15 is 0 Å². The minimum absolute atomic E-state index is 0.0195. The van der Waals surface area contributed by atoms with Crippen molar-refractivity contribution in [1.82, 2.24) is 0 Å². The number of rotatable bonds is 6. The second kappa shape index (κ2) is 8.67. The zero-order chi connectivity index (χ0) is 20.8. The van der Waals surface area contributed by atoms with E-state index in [0.717, 1.165) is 20.3 Å². The highest BCUT2D eigenvalue weighted by Gasteiger charge is 2.21. The Bertz CT molecular complexity index is 946. The number of hydrogen-bond donors (Lipinski definition) is 1. The maximum absolute atomic E-state index is 11.9. The van der Waals surface area contributed by atoms with Crippen molar-refractivity contribution < 1.29 is 43.2 Å². The van der Waals surface area contributed by atoms with Gasteiger partial charge in [-0.3, -0.25) is 0 Å². The molecule has 0 unspecified atom stereocenters. The van der Waals surface area contributed by atoms with Gasteiger partial charge in [-0.1, -0.05) is 0 Å². The second-order valence-electron chi connectivity index (χ2n) is 5.30. The summed E-state index contributed by atoms with van der Waals surface area (Å²) in [4.78, 5) is 46.8. The fourth-order valence-corrected chi connectivity index (χ4v) is 2.34. The molecule has 28 heavy (non-hydrogen) atoms. The molecule has 0 saturated carbocycles. The SMILES string of the molecule is COC(=O)c1ccc(Oc2ccc(C(=O)OC)c(C(=O)OC)c2)cc1C(=O)O. The first kappa shape index (κ1) is 20.4. The maximum Gasteiger partial charge on any atom is 0.338 e. The van der Waals surface area contributed by atoms with Gasteiger partial charge in [0.2, 0.25) is 0 Å². The molecule has 0 aliphatic carbocycles. The van der Waals surface area contributed by atoms with Gasteiger partial charge in [-0.25, -0.2) is 19.2 Å². The van der Waals surface area contributed by atoms with Crippen molar-refractivity contribution in [3.05, 3.63) is 58.7 Å². The van der Waals surface area contributed by atoms with Crippen LogP contribution in [-0.4, -0.2) is 50.3 Å². The summed E-state index contributed by atoms with van der Waals surface area (Å²) in [6.45, 7) is 0. The van der Waals surface area contributed by atoms with E-state index in [2.05, 4.69) is 14.2 Å². The number of carboxylic acids is 1. The molecule has 0 radical (unpaired) electrons.